The fourth-order valence-electron chi connectivity index (χ4n) is 1.18. The molecule has 2 N–H and O–H groups in total. The zero-order chi connectivity index (χ0) is 13.1. The normalized spacial score (nSPS) is 13.1. The van der Waals surface area contributed by atoms with Crippen molar-refractivity contribution < 1.29 is 13.2 Å². The minimum atomic E-state index is -3.70. The number of likely N-dealkylation sites (N-methyl/N-ethyl adjacent to an activating group) is 1. The average Bonchev–Trinajstić information content (AvgIpc) is 2.27. The van der Waals surface area contributed by atoms with Crippen LogP contribution in [0.1, 0.15) is 6.92 Å². The highest BCUT2D eigenvalue weighted by molar-refractivity contribution is 7.89. The fourth-order valence-corrected chi connectivity index (χ4v) is 2.51. The van der Waals surface area contributed by atoms with E-state index in [9.17, 15) is 13.2 Å². The van der Waals surface area contributed by atoms with Crippen molar-refractivity contribution in [2.75, 3.05) is 7.05 Å². The van der Waals surface area contributed by atoms with Gasteiger partial charge in [-0.25, -0.2) is 8.42 Å². The Morgan fingerprint density at radius 3 is 2.29 bits per heavy atom. The molecule has 0 aliphatic rings. The van der Waals surface area contributed by atoms with E-state index in [1.165, 1.54) is 38.2 Å². The first-order valence-electron chi connectivity index (χ1n) is 4.86. The second-order valence-corrected chi connectivity index (χ2v) is 5.56. The first kappa shape index (κ1) is 14.0. The topological polar surface area (TPSA) is 75.3 Å². The van der Waals surface area contributed by atoms with E-state index in [0.717, 1.165) is 0 Å². The molecule has 5 nitrogen and oxygen atoms in total. The zero-order valence-corrected chi connectivity index (χ0v) is 11.0. The molecule has 17 heavy (non-hydrogen) atoms. The summed E-state index contributed by atoms with van der Waals surface area (Å²) in [5, 5.41) is 2.81. The predicted octanol–water partition coefficient (Wildman–Crippen LogP) is 0.753. The van der Waals surface area contributed by atoms with Crippen molar-refractivity contribution in [3.05, 3.63) is 29.3 Å². The van der Waals surface area contributed by atoms with E-state index in [-0.39, 0.29) is 4.90 Å². The van der Waals surface area contributed by atoms with Gasteiger partial charge in [0.25, 0.3) is 0 Å². The van der Waals surface area contributed by atoms with E-state index in [4.69, 9.17) is 11.6 Å². The standard InChI is InChI=1S/C10H13ClN2O3S/c1-7(10(14)12-2)13-17(15,16)9-5-3-8(11)4-6-9/h3-7,13H,1-2H3,(H,12,14). The third kappa shape index (κ3) is 3.69. The van der Waals surface area contributed by atoms with E-state index in [0.29, 0.717) is 5.02 Å². The molecule has 0 aliphatic heterocycles. The molecule has 1 rings (SSSR count). The molecule has 1 unspecified atom stereocenters. The maximum Gasteiger partial charge on any atom is 0.241 e. The molecule has 0 aliphatic carbocycles. The van der Waals surface area contributed by atoms with Crippen LogP contribution >= 0.6 is 11.6 Å². The molecule has 0 heterocycles. The molecule has 0 spiro atoms. The second kappa shape index (κ2) is 5.48. The largest absolute Gasteiger partial charge is 0.358 e. The van der Waals surface area contributed by atoms with Gasteiger partial charge in [0.15, 0.2) is 0 Å². The Labute approximate surface area is 105 Å². The number of carbonyl (C=O) groups is 1. The molecular weight excluding hydrogens is 264 g/mol. The van der Waals surface area contributed by atoms with Gasteiger partial charge in [-0.15, -0.1) is 0 Å². The molecule has 7 heteroatoms. The summed E-state index contributed by atoms with van der Waals surface area (Å²) in [4.78, 5) is 11.3. The maximum absolute atomic E-state index is 11.8. The molecule has 0 aromatic heterocycles. The van der Waals surface area contributed by atoms with Gasteiger partial charge in [-0.2, -0.15) is 4.72 Å². The number of hydrogen-bond acceptors (Lipinski definition) is 3. The van der Waals surface area contributed by atoms with Crippen molar-refractivity contribution in [2.45, 2.75) is 17.9 Å². The Bertz CT molecular complexity index is 499. The van der Waals surface area contributed by atoms with Crippen LogP contribution in [-0.4, -0.2) is 27.4 Å². The lowest BCUT2D eigenvalue weighted by Crippen LogP contribution is -2.43. The van der Waals surface area contributed by atoms with Crippen LogP contribution in [0.3, 0.4) is 0 Å². The third-order valence-corrected chi connectivity index (χ3v) is 3.90. The number of halogens is 1. The first-order chi connectivity index (χ1) is 7.86. The van der Waals surface area contributed by atoms with Crippen molar-refractivity contribution >= 4 is 27.5 Å². The Morgan fingerprint density at radius 1 is 1.29 bits per heavy atom. The van der Waals surface area contributed by atoms with Crippen LogP contribution in [0.25, 0.3) is 0 Å². The van der Waals surface area contributed by atoms with E-state index < -0.39 is 22.0 Å². The SMILES string of the molecule is CNC(=O)C(C)NS(=O)(=O)c1ccc(Cl)cc1. The van der Waals surface area contributed by atoms with Crippen molar-refractivity contribution in [3.63, 3.8) is 0 Å². The highest BCUT2D eigenvalue weighted by Gasteiger charge is 2.20. The molecule has 1 amide bonds. The molecule has 0 saturated heterocycles. The minimum absolute atomic E-state index is 0.0673. The highest BCUT2D eigenvalue weighted by Crippen LogP contribution is 2.14. The van der Waals surface area contributed by atoms with Gasteiger partial charge in [-0.3, -0.25) is 4.79 Å². The third-order valence-electron chi connectivity index (χ3n) is 2.10. The van der Waals surface area contributed by atoms with E-state index >= 15 is 0 Å². The Hall–Kier alpha value is -1.11. The van der Waals surface area contributed by atoms with Crippen LogP contribution < -0.4 is 10.0 Å². The van der Waals surface area contributed by atoms with Gasteiger partial charge < -0.3 is 5.32 Å². The number of carbonyl (C=O) groups excluding carboxylic acids is 1. The van der Waals surface area contributed by atoms with Crippen LogP contribution in [0.15, 0.2) is 29.2 Å². The van der Waals surface area contributed by atoms with Gasteiger partial charge in [0.1, 0.15) is 0 Å². The summed E-state index contributed by atoms with van der Waals surface area (Å²) in [6.45, 7) is 1.46. The number of amides is 1. The Kier molecular flexibility index (Phi) is 4.50. The Morgan fingerprint density at radius 2 is 1.82 bits per heavy atom. The maximum atomic E-state index is 11.8. The monoisotopic (exact) mass is 276 g/mol. The summed E-state index contributed by atoms with van der Waals surface area (Å²) in [5.41, 5.74) is 0. The number of benzene rings is 1. The van der Waals surface area contributed by atoms with Gasteiger partial charge in [0.2, 0.25) is 15.9 Å². The summed E-state index contributed by atoms with van der Waals surface area (Å²) in [5.74, 6) is -0.400. The number of sulfonamides is 1. The molecule has 0 fully saturated rings. The zero-order valence-electron chi connectivity index (χ0n) is 9.40. The van der Waals surface area contributed by atoms with Crippen LogP contribution in [0.2, 0.25) is 5.02 Å². The first-order valence-corrected chi connectivity index (χ1v) is 6.72. The molecule has 0 radical (unpaired) electrons. The van der Waals surface area contributed by atoms with Crippen LogP contribution in [-0.2, 0) is 14.8 Å². The summed E-state index contributed by atoms with van der Waals surface area (Å²) in [6, 6.07) is 4.87. The smallest absolute Gasteiger partial charge is 0.241 e. The van der Waals surface area contributed by atoms with Gasteiger partial charge in [-0.05, 0) is 31.2 Å². The lowest BCUT2D eigenvalue weighted by atomic mass is 10.3. The predicted molar refractivity (Wildman–Crippen MR) is 65.3 cm³/mol. The van der Waals surface area contributed by atoms with E-state index in [1.807, 2.05) is 0 Å². The molecular formula is C10H13ClN2O3S. The van der Waals surface area contributed by atoms with Crippen molar-refractivity contribution in [1.29, 1.82) is 0 Å². The van der Waals surface area contributed by atoms with E-state index in [2.05, 4.69) is 10.0 Å². The Balaban J connectivity index is 2.89. The molecule has 1 aromatic rings. The lowest BCUT2D eigenvalue weighted by molar-refractivity contribution is -0.121. The van der Waals surface area contributed by atoms with Gasteiger partial charge in [0.05, 0.1) is 10.9 Å². The summed E-state index contributed by atoms with van der Waals surface area (Å²) >= 11 is 5.66. The number of nitrogens with one attached hydrogen (secondary N) is 2. The quantitative estimate of drug-likeness (QED) is 0.852. The van der Waals surface area contributed by atoms with Crippen molar-refractivity contribution in [2.24, 2.45) is 0 Å². The summed E-state index contributed by atoms with van der Waals surface area (Å²) in [6.07, 6.45) is 0. The molecule has 0 bridgehead atoms. The molecule has 94 valence electrons. The molecule has 1 atom stereocenters. The van der Waals surface area contributed by atoms with Gasteiger partial charge in [0, 0.05) is 12.1 Å². The van der Waals surface area contributed by atoms with Gasteiger partial charge >= 0.3 is 0 Å². The summed E-state index contributed by atoms with van der Waals surface area (Å²) < 4.78 is 25.9. The van der Waals surface area contributed by atoms with Gasteiger partial charge in [-0.1, -0.05) is 11.6 Å². The average molecular weight is 277 g/mol. The highest BCUT2D eigenvalue weighted by atomic mass is 35.5. The second-order valence-electron chi connectivity index (χ2n) is 3.41. The summed E-state index contributed by atoms with van der Waals surface area (Å²) in [7, 11) is -2.26. The number of hydrogen-bond donors (Lipinski definition) is 2. The molecule has 0 saturated carbocycles. The van der Waals surface area contributed by atoms with Crippen molar-refractivity contribution in [3.8, 4) is 0 Å². The number of rotatable bonds is 4. The minimum Gasteiger partial charge on any atom is -0.358 e. The van der Waals surface area contributed by atoms with Crippen molar-refractivity contribution in [1.82, 2.24) is 10.0 Å². The van der Waals surface area contributed by atoms with E-state index in [1.54, 1.807) is 0 Å². The van der Waals surface area contributed by atoms with Crippen LogP contribution in [0.5, 0.6) is 0 Å². The lowest BCUT2D eigenvalue weighted by Gasteiger charge is -2.12. The fraction of sp³-hybridized carbons (Fsp3) is 0.300. The van der Waals surface area contributed by atoms with Crippen LogP contribution in [0.4, 0.5) is 0 Å². The molecule has 1 aromatic carbocycles. The van der Waals surface area contributed by atoms with Crippen LogP contribution in [0, 0.1) is 0 Å².